The molecule has 0 fully saturated rings. The van der Waals surface area contributed by atoms with Crippen LogP contribution in [0.15, 0.2) is 73.1 Å². The Morgan fingerprint density at radius 1 is 1.03 bits per heavy atom. The lowest BCUT2D eigenvalue weighted by atomic mass is 10.0. The monoisotopic (exact) mass is 386 g/mol. The first-order chi connectivity index (χ1) is 14.1. The van der Waals surface area contributed by atoms with Crippen LogP contribution >= 0.6 is 0 Å². The normalized spacial score (nSPS) is 13.5. The van der Waals surface area contributed by atoms with Crippen molar-refractivity contribution < 1.29 is 9.59 Å². The molecule has 0 saturated carbocycles. The molecule has 0 bridgehead atoms. The smallest absolute Gasteiger partial charge is 0.326 e. The average Bonchev–Trinajstić information content (AvgIpc) is 3.19. The van der Waals surface area contributed by atoms with E-state index in [0.29, 0.717) is 18.5 Å². The molecule has 1 aromatic heterocycles. The average molecular weight is 386 g/mol. The number of hydrogen-bond donors (Lipinski definition) is 2. The molecular formula is C23H22N4O2. The van der Waals surface area contributed by atoms with Gasteiger partial charge in [0.1, 0.15) is 0 Å². The van der Waals surface area contributed by atoms with Crippen LogP contribution in [0.2, 0.25) is 0 Å². The molecule has 29 heavy (non-hydrogen) atoms. The summed E-state index contributed by atoms with van der Waals surface area (Å²) in [6, 6.07) is 18.3. The number of nitrogens with one attached hydrogen (secondary N) is 2. The predicted molar refractivity (Wildman–Crippen MR) is 113 cm³/mol. The Morgan fingerprint density at radius 2 is 1.86 bits per heavy atom. The van der Waals surface area contributed by atoms with Gasteiger partial charge in [-0.05, 0) is 54.8 Å². The van der Waals surface area contributed by atoms with Crippen molar-refractivity contribution in [2.24, 2.45) is 0 Å². The number of hydrogen-bond acceptors (Lipinski definition) is 3. The third-order valence-corrected chi connectivity index (χ3v) is 5.07. The Bertz CT molecular complexity index is 1020. The topological polar surface area (TPSA) is 74.3 Å². The number of carbonyl (C=O) groups excluding carboxylic acids is 2. The van der Waals surface area contributed by atoms with E-state index in [4.69, 9.17) is 0 Å². The van der Waals surface area contributed by atoms with Crippen molar-refractivity contribution in [2.45, 2.75) is 19.4 Å². The molecule has 2 heterocycles. The van der Waals surface area contributed by atoms with Crippen LogP contribution in [0.1, 0.15) is 34.5 Å². The van der Waals surface area contributed by atoms with Gasteiger partial charge in [0.2, 0.25) is 0 Å². The zero-order valence-corrected chi connectivity index (χ0v) is 16.1. The van der Waals surface area contributed by atoms with Crippen LogP contribution in [0.5, 0.6) is 0 Å². The molecule has 1 atom stereocenters. The first-order valence-corrected chi connectivity index (χ1v) is 9.60. The fourth-order valence-corrected chi connectivity index (χ4v) is 3.56. The molecule has 146 valence electrons. The molecule has 0 saturated heterocycles. The Labute approximate surface area is 169 Å². The lowest BCUT2D eigenvalue weighted by Crippen LogP contribution is -2.33. The Morgan fingerprint density at radius 3 is 2.62 bits per heavy atom. The van der Waals surface area contributed by atoms with Gasteiger partial charge in [0.15, 0.2) is 0 Å². The molecule has 6 heteroatoms. The first kappa shape index (κ1) is 18.7. The Balaban J connectivity index is 1.51. The van der Waals surface area contributed by atoms with Crippen LogP contribution in [0.25, 0.3) is 0 Å². The van der Waals surface area contributed by atoms with E-state index in [-0.39, 0.29) is 18.0 Å². The quantitative estimate of drug-likeness (QED) is 0.707. The second kappa shape index (κ2) is 8.14. The van der Waals surface area contributed by atoms with Crippen molar-refractivity contribution >= 4 is 23.3 Å². The molecule has 1 aliphatic rings. The number of nitrogens with zero attached hydrogens (tertiary/aromatic N) is 2. The summed E-state index contributed by atoms with van der Waals surface area (Å²) >= 11 is 0. The summed E-state index contributed by atoms with van der Waals surface area (Å²) in [5, 5.41) is 5.93. The number of aromatic nitrogens is 1. The molecule has 0 unspecified atom stereocenters. The largest absolute Gasteiger partial charge is 0.345 e. The Kier molecular flexibility index (Phi) is 5.24. The van der Waals surface area contributed by atoms with Crippen LogP contribution in [-0.4, -0.2) is 23.5 Å². The van der Waals surface area contributed by atoms with Crippen LogP contribution in [0.4, 0.5) is 16.2 Å². The van der Waals surface area contributed by atoms with E-state index in [9.17, 15) is 9.59 Å². The van der Waals surface area contributed by atoms with Crippen molar-refractivity contribution in [3.8, 4) is 0 Å². The molecule has 4 rings (SSSR count). The molecule has 0 spiro atoms. The summed E-state index contributed by atoms with van der Waals surface area (Å²) < 4.78 is 0. The third-order valence-electron chi connectivity index (χ3n) is 5.07. The number of anilines is 2. The van der Waals surface area contributed by atoms with E-state index in [1.165, 1.54) is 0 Å². The van der Waals surface area contributed by atoms with Crippen molar-refractivity contribution in [1.29, 1.82) is 0 Å². The highest BCUT2D eigenvalue weighted by molar-refractivity contribution is 6.05. The molecule has 2 aromatic carbocycles. The summed E-state index contributed by atoms with van der Waals surface area (Å²) in [7, 11) is 0. The minimum Gasteiger partial charge on any atom is -0.345 e. The minimum atomic E-state index is -0.198. The maximum atomic E-state index is 12.9. The summed E-state index contributed by atoms with van der Waals surface area (Å²) in [6.07, 6.45) is 4.09. The van der Waals surface area contributed by atoms with Crippen molar-refractivity contribution in [1.82, 2.24) is 10.3 Å². The molecule has 0 radical (unpaired) electrons. The summed E-state index contributed by atoms with van der Waals surface area (Å²) in [5.41, 5.74) is 3.96. The van der Waals surface area contributed by atoms with Gasteiger partial charge in [-0.3, -0.25) is 14.7 Å². The molecule has 3 amide bonds. The maximum absolute atomic E-state index is 12.9. The highest BCUT2D eigenvalue weighted by Gasteiger charge is 2.28. The van der Waals surface area contributed by atoms with Crippen LogP contribution in [-0.2, 0) is 6.42 Å². The SMILES string of the molecule is C[C@H](NC(=O)c1cccc2c1CCN2C(=O)Nc1ccccc1)c1cccnc1. The maximum Gasteiger partial charge on any atom is 0.326 e. The summed E-state index contributed by atoms with van der Waals surface area (Å²) in [4.78, 5) is 31.4. The van der Waals surface area contributed by atoms with Crippen molar-refractivity contribution in [2.75, 3.05) is 16.8 Å². The number of carbonyl (C=O) groups is 2. The van der Waals surface area contributed by atoms with Gasteiger partial charge in [-0.1, -0.05) is 30.3 Å². The number of fused-ring (bicyclic) bond motifs is 1. The summed E-state index contributed by atoms with van der Waals surface area (Å²) in [6.45, 7) is 2.47. The lowest BCUT2D eigenvalue weighted by Gasteiger charge is -2.19. The highest BCUT2D eigenvalue weighted by atomic mass is 16.2. The van der Waals surface area contributed by atoms with E-state index >= 15 is 0 Å². The van der Waals surface area contributed by atoms with Crippen LogP contribution in [0.3, 0.4) is 0 Å². The standard InChI is InChI=1S/C23H22N4O2/c1-16(17-7-6-13-24-15-17)25-22(28)20-10-5-11-21-19(20)12-14-27(21)23(29)26-18-8-3-2-4-9-18/h2-11,13,15-16H,12,14H2,1H3,(H,25,28)(H,26,29)/t16-/m0/s1. The van der Waals surface area contributed by atoms with Gasteiger partial charge < -0.3 is 10.6 Å². The van der Waals surface area contributed by atoms with Gasteiger partial charge in [-0.25, -0.2) is 4.79 Å². The molecule has 2 N–H and O–H groups in total. The predicted octanol–water partition coefficient (Wildman–Crippen LogP) is 4.17. The second-order valence-electron chi connectivity index (χ2n) is 6.98. The van der Waals surface area contributed by atoms with E-state index in [2.05, 4.69) is 15.6 Å². The number of para-hydroxylation sites is 1. The van der Waals surface area contributed by atoms with Gasteiger partial charge >= 0.3 is 6.03 Å². The molecule has 6 nitrogen and oxygen atoms in total. The van der Waals surface area contributed by atoms with Gasteiger partial charge in [0, 0.05) is 35.9 Å². The minimum absolute atomic E-state index is 0.150. The van der Waals surface area contributed by atoms with E-state index in [1.807, 2.05) is 67.6 Å². The number of pyridine rings is 1. The molecule has 1 aliphatic heterocycles. The number of urea groups is 1. The fourth-order valence-electron chi connectivity index (χ4n) is 3.56. The van der Waals surface area contributed by atoms with Gasteiger partial charge in [-0.15, -0.1) is 0 Å². The van der Waals surface area contributed by atoms with Crippen molar-refractivity contribution in [3.63, 3.8) is 0 Å². The number of benzene rings is 2. The zero-order chi connectivity index (χ0) is 20.2. The van der Waals surface area contributed by atoms with Crippen LogP contribution in [0, 0.1) is 0 Å². The second-order valence-corrected chi connectivity index (χ2v) is 6.98. The van der Waals surface area contributed by atoms with E-state index in [1.54, 1.807) is 17.3 Å². The first-order valence-electron chi connectivity index (χ1n) is 9.60. The lowest BCUT2D eigenvalue weighted by molar-refractivity contribution is 0.0939. The number of rotatable bonds is 4. The molecular weight excluding hydrogens is 364 g/mol. The van der Waals surface area contributed by atoms with Gasteiger partial charge in [0.05, 0.1) is 6.04 Å². The highest BCUT2D eigenvalue weighted by Crippen LogP contribution is 2.31. The zero-order valence-electron chi connectivity index (χ0n) is 16.1. The van der Waals surface area contributed by atoms with E-state index < -0.39 is 0 Å². The Hall–Kier alpha value is -3.67. The van der Waals surface area contributed by atoms with Gasteiger partial charge in [0.25, 0.3) is 5.91 Å². The summed E-state index contributed by atoms with van der Waals surface area (Å²) in [5.74, 6) is -0.150. The van der Waals surface area contributed by atoms with E-state index in [0.717, 1.165) is 22.5 Å². The third kappa shape index (κ3) is 3.96. The van der Waals surface area contributed by atoms with Crippen molar-refractivity contribution in [3.05, 3.63) is 89.7 Å². The molecule has 3 aromatic rings. The van der Waals surface area contributed by atoms with Gasteiger partial charge in [-0.2, -0.15) is 0 Å². The number of amides is 3. The fraction of sp³-hybridized carbons (Fsp3) is 0.174. The van der Waals surface area contributed by atoms with Crippen LogP contribution < -0.4 is 15.5 Å². The molecule has 0 aliphatic carbocycles.